The van der Waals surface area contributed by atoms with Crippen LogP contribution in [-0.2, 0) is 16.4 Å². The Morgan fingerprint density at radius 2 is 2.10 bits per heavy atom. The smallest absolute Gasteiger partial charge is 0.148 e. The van der Waals surface area contributed by atoms with Crippen LogP contribution in [-0.4, -0.2) is 54.2 Å². The first-order valence-corrected chi connectivity index (χ1v) is 9.34. The number of aromatic nitrogens is 2. The van der Waals surface area contributed by atoms with E-state index in [1.54, 1.807) is 0 Å². The second-order valence-corrected chi connectivity index (χ2v) is 8.18. The van der Waals surface area contributed by atoms with Crippen molar-refractivity contribution in [3.8, 4) is 0 Å². The molecule has 1 aromatic heterocycles. The summed E-state index contributed by atoms with van der Waals surface area (Å²) < 4.78 is 24.8. The minimum Gasteiger partial charge on any atom is -0.298 e. The van der Waals surface area contributed by atoms with Crippen molar-refractivity contribution in [2.45, 2.75) is 45.7 Å². The van der Waals surface area contributed by atoms with Crippen molar-refractivity contribution >= 4 is 9.84 Å². The maximum atomic E-state index is 11.4. The molecule has 1 aliphatic heterocycles. The molecule has 0 radical (unpaired) electrons. The fourth-order valence-corrected chi connectivity index (χ4v) is 3.47. The van der Waals surface area contributed by atoms with Gasteiger partial charge in [-0.1, -0.05) is 6.42 Å². The summed E-state index contributed by atoms with van der Waals surface area (Å²) in [4.78, 5) is 2.32. The average molecular weight is 299 g/mol. The minimum absolute atomic E-state index is 0.251. The molecular formula is C14H25N3O2S. The van der Waals surface area contributed by atoms with Crippen LogP contribution in [0, 0.1) is 13.8 Å². The van der Waals surface area contributed by atoms with Crippen molar-refractivity contribution in [3.05, 3.63) is 17.5 Å². The number of rotatable bonds is 5. The summed E-state index contributed by atoms with van der Waals surface area (Å²) in [5.41, 5.74) is 2.22. The monoisotopic (exact) mass is 299 g/mol. The number of hydrogen-bond acceptors (Lipinski definition) is 4. The fourth-order valence-electron chi connectivity index (χ4n) is 2.90. The molecule has 6 heteroatoms. The van der Waals surface area contributed by atoms with Gasteiger partial charge in [0, 0.05) is 24.5 Å². The second-order valence-electron chi connectivity index (χ2n) is 5.92. The summed E-state index contributed by atoms with van der Waals surface area (Å²) in [6.45, 7) is 6.58. The maximum absolute atomic E-state index is 11.4. The van der Waals surface area contributed by atoms with E-state index >= 15 is 0 Å². The summed E-state index contributed by atoms with van der Waals surface area (Å²) in [6, 6.07) is 2.49. The molecule has 1 fully saturated rings. The third kappa shape index (κ3) is 4.31. The molecule has 0 aromatic carbocycles. The van der Waals surface area contributed by atoms with E-state index < -0.39 is 9.84 Å². The SMILES string of the molecule is Cc1cc(C)n(CC2CCCCN2CCS(C)(=O)=O)n1. The molecule has 0 spiro atoms. The molecule has 0 saturated carbocycles. The van der Waals surface area contributed by atoms with Crippen LogP contribution in [0.15, 0.2) is 6.07 Å². The van der Waals surface area contributed by atoms with Gasteiger partial charge in [-0.25, -0.2) is 8.42 Å². The summed E-state index contributed by atoms with van der Waals surface area (Å²) in [5.74, 6) is 0.251. The van der Waals surface area contributed by atoms with E-state index in [0.717, 1.165) is 31.6 Å². The molecule has 1 aromatic rings. The molecule has 0 amide bonds. The second kappa shape index (κ2) is 6.26. The first kappa shape index (κ1) is 15.5. The van der Waals surface area contributed by atoms with Gasteiger partial charge in [-0.3, -0.25) is 9.58 Å². The normalized spacial score (nSPS) is 21.2. The molecule has 0 N–H and O–H groups in total. The first-order valence-electron chi connectivity index (χ1n) is 7.28. The Morgan fingerprint density at radius 1 is 1.35 bits per heavy atom. The van der Waals surface area contributed by atoms with Crippen molar-refractivity contribution in [3.63, 3.8) is 0 Å². The van der Waals surface area contributed by atoms with Crippen LogP contribution < -0.4 is 0 Å². The topological polar surface area (TPSA) is 55.2 Å². The molecule has 2 heterocycles. The lowest BCUT2D eigenvalue weighted by atomic mass is 10.0. The van der Waals surface area contributed by atoms with Crippen molar-refractivity contribution in [2.75, 3.05) is 25.1 Å². The lowest BCUT2D eigenvalue weighted by Crippen LogP contribution is -2.44. The number of sulfone groups is 1. The summed E-state index contributed by atoms with van der Waals surface area (Å²) in [7, 11) is -2.89. The Kier molecular flexibility index (Phi) is 4.86. The Bertz CT molecular complexity index is 551. The molecule has 1 saturated heterocycles. The predicted molar refractivity (Wildman–Crippen MR) is 80.6 cm³/mol. The Balaban J connectivity index is 2.01. The first-order chi connectivity index (χ1) is 9.35. The zero-order valence-electron chi connectivity index (χ0n) is 12.7. The Labute approximate surface area is 121 Å². The third-order valence-electron chi connectivity index (χ3n) is 3.99. The molecular weight excluding hydrogens is 274 g/mol. The number of likely N-dealkylation sites (tertiary alicyclic amines) is 1. The number of nitrogens with zero attached hydrogens (tertiary/aromatic N) is 3. The van der Waals surface area contributed by atoms with Crippen molar-refractivity contribution in [1.82, 2.24) is 14.7 Å². The van der Waals surface area contributed by atoms with Gasteiger partial charge in [-0.15, -0.1) is 0 Å². The van der Waals surface area contributed by atoms with Gasteiger partial charge in [0.15, 0.2) is 0 Å². The Morgan fingerprint density at radius 3 is 2.70 bits per heavy atom. The lowest BCUT2D eigenvalue weighted by Gasteiger charge is -2.35. The van der Waals surface area contributed by atoms with E-state index in [1.807, 2.05) is 6.92 Å². The van der Waals surface area contributed by atoms with E-state index in [4.69, 9.17) is 0 Å². The van der Waals surface area contributed by atoms with Crippen LogP contribution in [0.5, 0.6) is 0 Å². The highest BCUT2D eigenvalue weighted by molar-refractivity contribution is 7.90. The highest BCUT2D eigenvalue weighted by Gasteiger charge is 2.24. The van der Waals surface area contributed by atoms with Crippen molar-refractivity contribution < 1.29 is 8.42 Å². The van der Waals surface area contributed by atoms with Gasteiger partial charge in [0.1, 0.15) is 9.84 Å². The largest absolute Gasteiger partial charge is 0.298 e. The van der Waals surface area contributed by atoms with E-state index in [0.29, 0.717) is 12.6 Å². The van der Waals surface area contributed by atoms with Gasteiger partial charge in [-0.05, 0) is 39.3 Å². The van der Waals surface area contributed by atoms with Crippen LogP contribution in [0.3, 0.4) is 0 Å². The molecule has 1 aliphatic rings. The van der Waals surface area contributed by atoms with Crippen molar-refractivity contribution in [1.29, 1.82) is 0 Å². The van der Waals surface area contributed by atoms with Crippen LogP contribution >= 0.6 is 0 Å². The summed E-state index contributed by atoms with van der Waals surface area (Å²) >= 11 is 0. The molecule has 20 heavy (non-hydrogen) atoms. The molecule has 0 aliphatic carbocycles. The molecule has 114 valence electrons. The van der Waals surface area contributed by atoms with E-state index in [9.17, 15) is 8.42 Å². The third-order valence-corrected chi connectivity index (χ3v) is 4.91. The summed E-state index contributed by atoms with van der Waals surface area (Å²) in [6.07, 6.45) is 4.83. The zero-order chi connectivity index (χ0) is 14.8. The quantitative estimate of drug-likeness (QED) is 0.824. The van der Waals surface area contributed by atoms with Gasteiger partial charge in [-0.2, -0.15) is 5.10 Å². The fraction of sp³-hybridized carbons (Fsp3) is 0.786. The minimum atomic E-state index is -2.89. The highest BCUT2D eigenvalue weighted by atomic mass is 32.2. The van der Waals surface area contributed by atoms with E-state index in [1.165, 1.54) is 18.4 Å². The average Bonchev–Trinajstić information content (AvgIpc) is 2.66. The van der Waals surface area contributed by atoms with Crippen LogP contribution in [0.4, 0.5) is 0 Å². The number of piperidine rings is 1. The molecule has 2 rings (SSSR count). The van der Waals surface area contributed by atoms with Crippen molar-refractivity contribution in [2.24, 2.45) is 0 Å². The van der Waals surface area contributed by atoms with Gasteiger partial charge in [0.05, 0.1) is 18.0 Å². The van der Waals surface area contributed by atoms with Crippen LogP contribution in [0.2, 0.25) is 0 Å². The van der Waals surface area contributed by atoms with Gasteiger partial charge >= 0.3 is 0 Å². The lowest BCUT2D eigenvalue weighted by molar-refractivity contribution is 0.137. The van der Waals surface area contributed by atoms with E-state index in [2.05, 4.69) is 27.7 Å². The molecule has 0 bridgehead atoms. The van der Waals surface area contributed by atoms with Crippen LogP contribution in [0.25, 0.3) is 0 Å². The van der Waals surface area contributed by atoms with Gasteiger partial charge in [0.25, 0.3) is 0 Å². The zero-order valence-corrected chi connectivity index (χ0v) is 13.5. The number of aryl methyl sites for hydroxylation is 2. The van der Waals surface area contributed by atoms with E-state index in [-0.39, 0.29) is 5.75 Å². The molecule has 5 nitrogen and oxygen atoms in total. The number of hydrogen-bond donors (Lipinski definition) is 0. The molecule has 1 atom stereocenters. The Hall–Kier alpha value is -0.880. The maximum Gasteiger partial charge on any atom is 0.148 e. The highest BCUT2D eigenvalue weighted by Crippen LogP contribution is 2.19. The predicted octanol–water partition coefficient (Wildman–Crippen LogP) is 1.40. The molecule has 1 unspecified atom stereocenters. The summed E-state index contributed by atoms with van der Waals surface area (Å²) in [5, 5.41) is 4.52. The standard InChI is InChI=1S/C14H25N3O2S/c1-12-10-13(2)17(15-12)11-14-6-4-5-7-16(14)8-9-20(3,18)19/h10,14H,4-9,11H2,1-3H3. The van der Waals surface area contributed by atoms with Gasteiger partial charge < -0.3 is 0 Å². The van der Waals surface area contributed by atoms with Crippen LogP contribution in [0.1, 0.15) is 30.7 Å². The van der Waals surface area contributed by atoms with Gasteiger partial charge in [0.2, 0.25) is 0 Å².